The van der Waals surface area contributed by atoms with Crippen LogP contribution < -0.4 is 11.3 Å². The van der Waals surface area contributed by atoms with Crippen molar-refractivity contribution < 1.29 is 4.74 Å². The van der Waals surface area contributed by atoms with Gasteiger partial charge in [-0.05, 0) is 50.4 Å². The minimum Gasteiger partial charge on any atom is -0.377 e. The molecule has 1 fully saturated rings. The van der Waals surface area contributed by atoms with Crippen molar-refractivity contribution in [1.29, 1.82) is 0 Å². The molecule has 4 unspecified atom stereocenters. The van der Waals surface area contributed by atoms with Gasteiger partial charge in [-0.15, -0.1) is 0 Å². The van der Waals surface area contributed by atoms with E-state index in [0.29, 0.717) is 5.92 Å². The molecule has 1 aliphatic rings. The third-order valence-electron chi connectivity index (χ3n) is 4.69. The predicted octanol–water partition coefficient (Wildman–Crippen LogP) is 2.71. The second kappa shape index (κ2) is 6.17. The molecule has 0 spiro atoms. The molecular formula is C14H30N2O. The van der Waals surface area contributed by atoms with E-state index in [9.17, 15) is 0 Å². The quantitative estimate of drug-likeness (QED) is 0.575. The molecule has 1 rings (SSSR count). The van der Waals surface area contributed by atoms with E-state index < -0.39 is 0 Å². The summed E-state index contributed by atoms with van der Waals surface area (Å²) in [4.78, 5) is 0. The van der Waals surface area contributed by atoms with Crippen LogP contribution >= 0.6 is 0 Å². The Morgan fingerprint density at radius 2 is 1.82 bits per heavy atom. The smallest absolute Gasteiger partial charge is 0.0816 e. The van der Waals surface area contributed by atoms with Crippen molar-refractivity contribution in [2.75, 3.05) is 7.11 Å². The standard InChI is InChI=1S/C14H30N2O/c1-6-14(4,17-5)13(16-15)12-8-10(2)7-11(3)9-12/h10-13,16H,6-9,15H2,1-5H3. The topological polar surface area (TPSA) is 47.3 Å². The number of hydrogen-bond donors (Lipinski definition) is 2. The molecule has 102 valence electrons. The van der Waals surface area contributed by atoms with Gasteiger partial charge in [0.25, 0.3) is 0 Å². The van der Waals surface area contributed by atoms with Gasteiger partial charge in [-0.2, -0.15) is 0 Å². The number of nitrogens with two attached hydrogens (primary N) is 1. The summed E-state index contributed by atoms with van der Waals surface area (Å²) in [5, 5.41) is 0. The van der Waals surface area contributed by atoms with Gasteiger partial charge in [-0.3, -0.25) is 11.3 Å². The van der Waals surface area contributed by atoms with Crippen molar-refractivity contribution in [3.05, 3.63) is 0 Å². The maximum atomic E-state index is 5.80. The van der Waals surface area contributed by atoms with Gasteiger partial charge in [-0.1, -0.05) is 20.8 Å². The molecule has 17 heavy (non-hydrogen) atoms. The molecule has 0 aromatic rings. The van der Waals surface area contributed by atoms with Crippen LogP contribution in [0.5, 0.6) is 0 Å². The summed E-state index contributed by atoms with van der Waals surface area (Å²) in [6.45, 7) is 9.05. The fourth-order valence-electron chi connectivity index (χ4n) is 3.58. The summed E-state index contributed by atoms with van der Waals surface area (Å²) < 4.78 is 5.72. The summed E-state index contributed by atoms with van der Waals surface area (Å²) in [5.74, 6) is 8.04. The lowest BCUT2D eigenvalue weighted by Crippen LogP contribution is -2.57. The highest BCUT2D eigenvalue weighted by molar-refractivity contribution is 4.94. The van der Waals surface area contributed by atoms with E-state index in [-0.39, 0.29) is 11.6 Å². The van der Waals surface area contributed by atoms with Crippen LogP contribution in [0, 0.1) is 17.8 Å². The highest BCUT2D eigenvalue weighted by Crippen LogP contribution is 2.38. The monoisotopic (exact) mass is 242 g/mol. The van der Waals surface area contributed by atoms with Gasteiger partial charge in [0.15, 0.2) is 0 Å². The lowest BCUT2D eigenvalue weighted by molar-refractivity contribution is -0.0555. The summed E-state index contributed by atoms with van der Waals surface area (Å²) in [7, 11) is 1.80. The summed E-state index contributed by atoms with van der Waals surface area (Å²) in [6, 6.07) is 0.252. The first-order valence-corrected chi connectivity index (χ1v) is 6.98. The minimum absolute atomic E-state index is 0.157. The van der Waals surface area contributed by atoms with Gasteiger partial charge in [0, 0.05) is 7.11 Å². The summed E-state index contributed by atoms with van der Waals surface area (Å²) in [6.07, 6.45) is 4.86. The summed E-state index contributed by atoms with van der Waals surface area (Å²) in [5.41, 5.74) is 2.87. The molecule has 0 saturated heterocycles. The maximum Gasteiger partial charge on any atom is 0.0816 e. The first kappa shape index (κ1) is 14.9. The van der Waals surface area contributed by atoms with Crippen LogP contribution in [0.3, 0.4) is 0 Å². The Bertz CT molecular complexity index is 218. The Kier molecular flexibility index (Phi) is 5.42. The molecule has 3 nitrogen and oxygen atoms in total. The van der Waals surface area contributed by atoms with E-state index in [4.69, 9.17) is 10.6 Å². The molecule has 0 aliphatic heterocycles. The van der Waals surface area contributed by atoms with Crippen LogP contribution in [-0.2, 0) is 4.74 Å². The van der Waals surface area contributed by atoms with E-state index >= 15 is 0 Å². The second-order valence-corrected chi connectivity index (χ2v) is 6.19. The number of hydrogen-bond acceptors (Lipinski definition) is 3. The van der Waals surface area contributed by atoms with Crippen molar-refractivity contribution in [3.63, 3.8) is 0 Å². The van der Waals surface area contributed by atoms with Gasteiger partial charge in [0.05, 0.1) is 11.6 Å². The molecule has 4 atom stereocenters. The van der Waals surface area contributed by atoms with Crippen molar-refractivity contribution in [2.45, 2.75) is 65.0 Å². The zero-order chi connectivity index (χ0) is 13.1. The minimum atomic E-state index is -0.157. The molecule has 0 amide bonds. The largest absolute Gasteiger partial charge is 0.377 e. The fourth-order valence-corrected chi connectivity index (χ4v) is 3.58. The normalized spacial score (nSPS) is 35.3. The Hall–Kier alpha value is -0.120. The van der Waals surface area contributed by atoms with Crippen molar-refractivity contribution in [3.8, 4) is 0 Å². The Labute approximate surface area is 106 Å². The van der Waals surface area contributed by atoms with Crippen LogP contribution in [0.1, 0.15) is 53.4 Å². The van der Waals surface area contributed by atoms with Gasteiger partial charge in [0.2, 0.25) is 0 Å². The molecule has 0 bridgehead atoms. The molecule has 1 aliphatic carbocycles. The van der Waals surface area contributed by atoms with Crippen molar-refractivity contribution in [2.24, 2.45) is 23.6 Å². The van der Waals surface area contributed by atoms with Gasteiger partial charge >= 0.3 is 0 Å². The van der Waals surface area contributed by atoms with Crippen molar-refractivity contribution >= 4 is 0 Å². The molecule has 0 aromatic carbocycles. The molecule has 3 N–H and O–H groups in total. The molecule has 0 aromatic heterocycles. The Balaban J connectivity index is 2.78. The fraction of sp³-hybridized carbons (Fsp3) is 1.00. The van der Waals surface area contributed by atoms with Gasteiger partial charge < -0.3 is 4.74 Å². The molecule has 3 heteroatoms. The van der Waals surface area contributed by atoms with Crippen LogP contribution in [0.25, 0.3) is 0 Å². The molecule has 0 heterocycles. The highest BCUT2D eigenvalue weighted by atomic mass is 16.5. The number of methoxy groups -OCH3 is 1. The molecule has 0 radical (unpaired) electrons. The zero-order valence-corrected chi connectivity index (χ0v) is 12.1. The Morgan fingerprint density at radius 1 is 1.29 bits per heavy atom. The number of ether oxygens (including phenoxy) is 1. The SMILES string of the molecule is CCC(C)(OC)C(NN)C1CC(C)CC(C)C1. The third kappa shape index (κ3) is 3.43. The maximum absolute atomic E-state index is 5.80. The molecule has 1 saturated carbocycles. The van der Waals surface area contributed by atoms with Gasteiger partial charge in [-0.25, -0.2) is 0 Å². The third-order valence-corrected chi connectivity index (χ3v) is 4.69. The molecular weight excluding hydrogens is 212 g/mol. The second-order valence-electron chi connectivity index (χ2n) is 6.19. The average molecular weight is 242 g/mol. The number of hydrazine groups is 1. The van der Waals surface area contributed by atoms with E-state index in [1.165, 1.54) is 19.3 Å². The summed E-state index contributed by atoms with van der Waals surface area (Å²) >= 11 is 0. The lowest BCUT2D eigenvalue weighted by Gasteiger charge is -2.44. The zero-order valence-electron chi connectivity index (χ0n) is 12.1. The van der Waals surface area contributed by atoms with E-state index in [0.717, 1.165) is 18.3 Å². The highest BCUT2D eigenvalue weighted by Gasteiger charge is 2.40. The lowest BCUT2D eigenvalue weighted by atomic mass is 9.70. The van der Waals surface area contributed by atoms with E-state index in [1.807, 2.05) is 0 Å². The van der Waals surface area contributed by atoms with Crippen molar-refractivity contribution in [1.82, 2.24) is 5.43 Å². The van der Waals surface area contributed by atoms with Crippen LogP contribution in [0.4, 0.5) is 0 Å². The average Bonchev–Trinajstić information content (AvgIpc) is 2.28. The van der Waals surface area contributed by atoms with Crippen LogP contribution in [0.15, 0.2) is 0 Å². The van der Waals surface area contributed by atoms with Crippen LogP contribution in [-0.4, -0.2) is 18.8 Å². The number of rotatable bonds is 5. The Morgan fingerprint density at radius 3 is 2.18 bits per heavy atom. The predicted molar refractivity (Wildman–Crippen MR) is 72.5 cm³/mol. The van der Waals surface area contributed by atoms with E-state index in [1.54, 1.807) is 7.11 Å². The number of nitrogens with one attached hydrogen (secondary N) is 1. The first-order valence-electron chi connectivity index (χ1n) is 6.98. The van der Waals surface area contributed by atoms with Crippen LogP contribution in [0.2, 0.25) is 0 Å². The van der Waals surface area contributed by atoms with E-state index in [2.05, 4.69) is 33.1 Å². The first-order chi connectivity index (χ1) is 7.96. The van der Waals surface area contributed by atoms with Gasteiger partial charge in [0.1, 0.15) is 0 Å².